The van der Waals surface area contributed by atoms with Crippen LogP contribution in [0.3, 0.4) is 0 Å². The van der Waals surface area contributed by atoms with Crippen LogP contribution < -0.4 is 10.1 Å². The zero-order valence-corrected chi connectivity index (χ0v) is 10.5. The Bertz CT molecular complexity index is 311. The van der Waals surface area contributed by atoms with Crippen molar-refractivity contribution in [3.05, 3.63) is 18.1 Å². The highest BCUT2D eigenvalue weighted by molar-refractivity contribution is 5.16. The van der Waals surface area contributed by atoms with E-state index in [-0.39, 0.29) is 6.10 Å². The van der Waals surface area contributed by atoms with Gasteiger partial charge in [-0.25, -0.2) is 9.97 Å². The molecule has 0 unspecified atom stereocenters. The van der Waals surface area contributed by atoms with E-state index in [0.717, 1.165) is 18.8 Å². The number of aromatic nitrogens is 2. The smallest absolute Gasteiger partial charge is 0.216 e. The Hall–Kier alpha value is -1.16. The van der Waals surface area contributed by atoms with Gasteiger partial charge in [-0.15, -0.1) is 0 Å². The molecule has 1 aromatic rings. The van der Waals surface area contributed by atoms with Gasteiger partial charge >= 0.3 is 0 Å². The molecule has 1 N–H and O–H groups in total. The van der Waals surface area contributed by atoms with E-state index in [9.17, 15) is 0 Å². The van der Waals surface area contributed by atoms with Crippen LogP contribution in [0, 0.1) is 0 Å². The summed E-state index contributed by atoms with van der Waals surface area (Å²) >= 11 is 0. The largest absolute Gasteiger partial charge is 0.472 e. The molecule has 0 atom stereocenters. The highest BCUT2D eigenvalue weighted by Crippen LogP contribution is 2.16. The molecule has 4 nitrogen and oxygen atoms in total. The molecule has 1 aromatic heterocycles. The molecule has 0 bridgehead atoms. The summed E-state index contributed by atoms with van der Waals surface area (Å²) in [5.74, 6) is 1.11. The quantitative estimate of drug-likeness (QED) is 0.851. The van der Waals surface area contributed by atoms with E-state index >= 15 is 0 Å². The van der Waals surface area contributed by atoms with E-state index < -0.39 is 0 Å². The van der Waals surface area contributed by atoms with Crippen molar-refractivity contribution in [1.29, 1.82) is 0 Å². The van der Waals surface area contributed by atoms with Gasteiger partial charge < -0.3 is 10.1 Å². The summed E-state index contributed by atoms with van der Waals surface area (Å²) in [6, 6.07) is 1.92. The molecule has 2 heterocycles. The van der Waals surface area contributed by atoms with Crippen LogP contribution in [0.25, 0.3) is 0 Å². The molecule has 1 aliphatic rings. The van der Waals surface area contributed by atoms with Gasteiger partial charge in [-0.05, 0) is 5.92 Å². The van der Waals surface area contributed by atoms with Crippen molar-refractivity contribution in [3.8, 4) is 5.88 Å². The van der Waals surface area contributed by atoms with Crippen LogP contribution in [-0.4, -0.2) is 29.2 Å². The highest BCUT2D eigenvalue weighted by Gasteiger charge is 2.19. The molecule has 16 heavy (non-hydrogen) atoms. The van der Waals surface area contributed by atoms with Gasteiger partial charge in [-0.3, -0.25) is 0 Å². The van der Waals surface area contributed by atoms with Crippen LogP contribution in [0.5, 0.6) is 5.88 Å². The van der Waals surface area contributed by atoms with Crippen molar-refractivity contribution in [3.63, 3.8) is 0 Å². The Labute approximate surface area is 97.5 Å². The number of hydrogen-bond acceptors (Lipinski definition) is 4. The van der Waals surface area contributed by atoms with E-state index in [4.69, 9.17) is 4.74 Å². The van der Waals surface area contributed by atoms with Gasteiger partial charge in [-0.1, -0.05) is 27.7 Å². The predicted molar refractivity (Wildman–Crippen MR) is 64.8 cm³/mol. The SMILES string of the molecule is CC.CC(C)c1cc(OC2CNC2)ncn1. The Morgan fingerprint density at radius 2 is 2.00 bits per heavy atom. The van der Waals surface area contributed by atoms with Crippen molar-refractivity contribution in [1.82, 2.24) is 15.3 Å². The molecule has 0 saturated carbocycles. The topological polar surface area (TPSA) is 47.0 Å². The molecule has 0 amide bonds. The molecule has 1 aliphatic heterocycles. The summed E-state index contributed by atoms with van der Waals surface area (Å²) in [5, 5.41) is 3.15. The first-order chi connectivity index (χ1) is 7.75. The maximum Gasteiger partial charge on any atom is 0.216 e. The number of nitrogens with zero attached hydrogens (tertiary/aromatic N) is 2. The molecule has 0 aromatic carbocycles. The normalized spacial score (nSPS) is 15.1. The summed E-state index contributed by atoms with van der Waals surface area (Å²) in [7, 11) is 0. The fourth-order valence-corrected chi connectivity index (χ4v) is 1.25. The second kappa shape index (κ2) is 6.43. The van der Waals surface area contributed by atoms with E-state index in [1.807, 2.05) is 19.9 Å². The van der Waals surface area contributed by atoms with Crippen molar-refractivity contribution >= 4 is 0 Å². The number of ether oxygens (including phenoxy) is 1. The molecule has 1 saturated heterocycles. The lowest BCUT2D eigenvalue weighted by molar-refractivity contribution is 0.135. The van der Waals surface area contributed by atoms with Gasteiger partial charge in [0.25, 0.3) is 0 Å². The minimum absolute atomic E-state index is 0.282. The van der Waals surface area contributed by atoms with Crippen molar-refractivity contribution in [2.45, 2.75) is 39.7 Å². The van der Waals surface area contributed by atoms with Crippen LogP contribution in [0.4, 0.5) is 0 Å². The maximum atomic E-state index is 5.63. The van der Waals surface area contributed by atoms with Gasteiger partial charge in [0.1, 0.15) is 12.4 Å². The van der Waals surface area contributed by atoms with Crippen LogP contribution in [0.1, 0.15) is 39.3 Å². The molecular formula is C12H21N3O. The zero-order chi connectivity index (χ0) is 12.0. The Balaban J connectivity index is 0.000000606. The molecule has 4 heteroatoms. The van der Waals surface area contributed by atoms with Gasteiger partial charge in [0.05, 0.1) is 5.69 Å². The molecule has 1 fully saturated rings. The first-order valence-electron chi connectivity index (χ1n) is 5.95. The van der Waals surface area contributed by atoms with Crippen LogP contribution in [0.2, 0.25) is 0 Å². The monoisotopic (exact) mass is 223 g/mol. The zero-order valence-electron chi connectivity index (χ0n) is 10.5. The standard InChI is InChI=1S/C10H15N3O.C2H6/c1-7(2)9-3-10(13-6-12-9)14-8-4-11-5-8;1-2/h3,6-8,11H,4-5H2,1-2H3;1-2H3. The number of hydrogen-bond donors (Lipinski definition) is 1. The first kappa shape index (κ1) is 12.9. The minimum atomic E-state index is 0.282. The first-order valence-corrected chi connectivity index (χ1v) is 5.95. The van der Waals surface area contributed by atoms with Gasteiger partial charge in [0, 0.05) is 19.2 Å². The average Bonchev–Trinajstić information content (AvgIpc) is 2.27. The molecule has 2 rings (SSSR count). The Kier molecular flexibility index (Phi) is 5.19. The Morgan fingerprint density at radius 3 is 2.50 bits per heavy atom. The van der Waals surface area contributed by atoms with Gasteiger partial charge in [0.15, 0.2) is 0 Å². The van der Waals surface area contributed by atoms with Crippen LogP contribution in [0.15, 0.2) is 12.4 Å². The lowest BCUT2D eigenvalue weighted by Gasteiger charge is -2.27. The third kappa shape index (κ3) is 3.45. The minimum Gasteiger partial charge on any atom is -0.472 e. The number of rotatable bonds is 3. The molecule has 90 valence electrons. The summed E-state index contributed by atoms with van der Waals surface area (Å²) in [6.45, 7) is 10.1. The third-order valence-corrected chi connectivity index (χ3v) is 2.29. The lowest BCUT2D eigenvalue weighted by Crippen LogP contribution is -2.50. The van der Waals surface area contributed by atoms with Crippen molar-refractivity contribution in [2.75, 3.05) is 13.1 Å². The molecule has 0 spiro atoms. The summed E-state index contributed by atoms with van der Waals surface area (Å²) in [4.78, 5) is 8.27. The Morgan fingerprint density at radius 1 is 1.31 bits per heavy atom. The van der Waals surface area contributed by atoms with E-state index in [2.05, 4.69) is 29.1 Å². The van der Waals surface area contributed by atoms with E-state index in [1.165, 1.54) is 0 Å². The number of nitrogens with one attached hydrogen (secondary N) is 1. The van der Waals surface area contributed by atoms with E-state index in [0.29, 0.717) is 11.8 Å². The van der Waals surface area contributed by atoms with Gasteiger partial charge in [-0.2, -0.15) is 0 Å². The fourth-order valence-electron chi connectivity index (χ4n) is 1.25. The second-order valence-corrected chi connectivity index (χ2v) is 3.83. The predicted octanol–water partition coefficient (Wildman–Crippen LogP) is 1.98. The van der Waals surface area contributed by atoms with Crippen LogP contribution in [-0.2, 0) is 0 Å². The maximum absolute atomic E-state index is 5.63. The molecular weight excluding hydrogens is 202 g/mol. The summed E-state index contributed by atoms with van der Waals surface area (Å²) in [5.41, 5.74) is 1.03. The second-order valence-electron chi connectivity index (χ2n) is 3.83. The summed E-state index contributed by atoms with van der Waals surface area (Å²) in [6.07, 6.45) is 1.85. The van der Waals surface area contributed by atoms with Crippen LogP contribution >= 0.6 is 0 Å². The third-order valence-electron chi connectivity index (χ3n) is 2.29. The fraction of sp³-hybridized carbons (Fsp3) is 0.667. The summed E-state index contributed by atoms with van der Waals surface area (Å²) < 4.78 is 5.63. The molecule has 0 aliphatic carbocycles. The average molecular weight is 223 g/mol. The molecule has 0 radical (unpaired) electrons. The van der Waals surface area contributed by atoms with Crippen molar-refractivity contribution in [2.24, 2.45) is 0 Å². The van der Waals surface area contributed by atoms with Gasteiger partial charge in [0.2, 0.25) is 5.88 Å². The highest BCUT2D eigenvalue weighted by atomic mass is 16.5. The lowest BCUT2D eigenvalue weighted by atomic mass is 10.1. The van der Waals surface area contributed by atoms with E-state index in [1.54, 1.807) is 6.33 Å². The van der Waals surface area contributed by atoms with Crippen molar-refractivity contribution < 1.29 is 4.74 Å².